The first-order valence-electron chi connectivity index (χ1n) is 9.91. The van der Waals surface area contributed by atoms with Crippen LogP contribution in [0.25, 0.3) is 0 Å². The maximum Gasteiger partial charge on any atom is 0.632 e. The molecule has 144 valence electrons. The van der Waals surface area contributed by atoms with Gasteiger partial charge in [-0.05, 0) is 30.1 Å². The number of hydrogen-bond acceptors (Lipinski definition) is 5. The minimum atomic E-state index is -0.912. The highest BCUT2D eigenvalue weighted by Gasteiger charge is 2.61. The molecule has 0 aromatic rings. The Morgan fingerprint density at radius 1 is 1.19 bits per heavy atom. The molecule has 0 aromatic heterocycles. The Morgan fingerprint density at radius 3 is 2.27 bits per heavy atom. The summed E-state index contributed by atoms with van der Waals surface area (Å²) in [7, 11) is 3.42. The van der Waals surface area contributed by atoms with Crippen LogP contribution in [-0.4, -0.2) is 54.8 Å². The normalized spacial score (nSPS) is 43.5. The van der Waals surface area contributed by atoms with E-state index < -0.39 is 7.12 Å². The van der Waals surface area contributed by atoms with Gasteiger partial charge in [-0.2, -0.15) is 0 Å². The Bertz CT molecular complexity index is 603. The number of nitrogens with zero attached hydrogens (tertiary/aromatic N) is 1. The highest BCUT2D eigenvalue weighted by Crippen LogP contribution is 2.62. The molecule has 0 spiro atoms. The zero-order valence-corrected chi connectivity index (χ0v) is 16.3. The number of quaternary nitrogens is 1. The van der Waals surface area contributed by atoms with Gasteiger partial charge >= 0.3 is 19.1 Å². The molecule has 2 unspecified atom stereocenters. The summed E-state index contributed by atoms with van der Waals surface area (Å²) in [6.45, 7) is 9.15. The molecule has 0 aromatic carbocycles. The number of fused-ring (bicyclic) bond motifs is 2. The van der Waals surface area contributed by atoms with Gasteiger partial charge in [0.15, 0.2) is 13.1 Å². The lowest BCUT2D eigenvalue weighted by atomic mass is 9.44. The van der Waals surface area contributed by atoms with E-state index in [4.69, 9.17) is 14.0 Å². The van der Waals surface area contributed by atoms with E-state index in [0.717, 1.165) is 12.8 Å². The van der Waals surface area contributed by atoms with Crippen molar-refractivity contribution in [2.75, 3.05) is 13.1 Å². The van der Waals surface area contributed by atoms with Gasteiger partial charge in [0.1, 0.15) is 6.00 Å². The lowest BCUT2D eigenvalue weighted by Crippen LogP contribution is -2.68. The molecule has 2 aliphatic heterocycles. The van der Waals surface area contributed by atoms with E-state index >= 15 is 0 Å². The second-order valence-corrected chi connectivity index (χ2v) is 9.45. The predicted octanol–water partition coefficient (Wildman–Crippen LogP) is 1.97. The summed E-state index contributed by atoms with van der Waals surface area (Å²) in [5.41, 5.74) is 0.350. The summed E-state index contributed by atoms with van der Waals surface area (Å²) in [5, 5.41) is 0. The fraction of sp³-hybridized carbons (Fsp3) is 0.842. The standard InChI is InChI=1S/C19H30BNO5/c1-6-15-18(24-15)20-25-16(22)9-21(5,10-17(23)26-20)14-8-12-7-13(11(14)2)19(12,3)4/h11-15,18H,5-10H2,1-4H3/t11-,12+,13?,14-,15+,18?/m1/s1. The fourth-order valence-electron chi connectivity index (χ4n) is 5.87. The molecule has 2 saturated heterocycles. The van der Waals surface area contributed by atoms with E-state index in [-0.39, 0.29) is 47.7 Å². The van der Waals surface area contributed by atoms with E-state index in [1.807, 2.05) is 6.92 Å². The molecule has 3 aliphatic carbocycles. The van der Waals surface area contributed by atoms with Gasteiger partial charge in [-0.15, -0.1) is 7.05 Å². The van der Waals surface area contributed by atoms with Crippen LogP contribution >= 0.6 is 0 Å². The molecule has 0 amide bonds. The third-order valence-corrected chi connectivity index (χ3v) is 7.69. The first-order chi connectivity index (χ1) is 12.2. The number of ether oxygens (including phenoxy) is 1. The predicted molar refractivity (Wildman–Crippen MR) is 95.2 cm³/mol. The van der Waals surface area contributed by atoms with Crippen molar-refractivity contribution in [3.05, 3.63) is 7.05 Å². The summed E-state index contributed by atoms with van der Waals surface area (Å²) in [4.78, 5) is 25.1. The van der Waals surface area contributed by atoms with Crippen molar-refractivity contribution in [1.82, 2.24) is 0 Å². The van der Waals surface area contributed by atoms with Crippen LogP contribution in [0.2, 0.25) is 0 Å². The number of rotatable bonds is 3. The van der Waals surface area contributed by atoms with E-state index in [1.54, 1.807) is 0 Å². The van der Waals surface area contributed by atoms with Gasteiger partial charge in [-0.1, -0.05) is 27.7 Å². The average Bonchev–Trinajstić information content (AvgIpc) is 3.31. The second kappa shape index (κ2) is 5.96. The molecule has 2 heterocycles. The molecule has 6 atom stereocenters. The summed E-state index contributed by atoms with van der Waals surface area (Å²) >= 11 is 0. The molecule has 26 heavy (non-hydrogen) atoms. The summed E-state index contributed by atoms with van der Waals surface area (Å²) < 4.78 is 16.5. The highest BCUT2D eigenvalue weighted by molar-refractivity contribution is 6.51. The number of hydrogen-bond donors (Lipinski definition) is 0. The summed E-state index contributed by atoms with van der Waals surface area (Å²) in [6, 6.07) is -0.135. The van der Waals surface area contributed by atoms with Crippen LogP contribution < -0.4 is 0 Å². The minimum absolute atomic E-state index is 0.00624. The highest BCUT2D eigenvalue weighted by atomic mass is 16.7. The van der Waals surface area contributed by atoms with Crippen LogP contribution in [0.4, 0.5) is 0 Å². The number of carbonyl (C=O) groups excluding carboxylic acids is 2. The Balaban J connectivity index is 1.49. The smallest absolute Gasteiger partial charge is 0.493 e. The van der Waals surface area contributed by atoms with Crippen molar-refractivity contribution < 1.29 is 28.1 Å². The van der Waals surface area contributed by atoms with Crippen LogP contribution in [0, 0.1) is 30.2 Å². The maximum absolute atomic E-state index is 12.5. The van der Waals surface area contributed by atoms with Gasteiger partial charge in [0.2, 0.25) is 0 Å². The lowest BCUT2D eigenvalue weighted by Gasteiger charge is -2.66. The largest absolute Gasteiger partial charge is 0.632 e. The SMILES string of the molecule is [CH2-][N+]1([C@@H]2C[C@@H]3CC([C@H]2C)C3(C)C)CC(=O)OB(C2O[C@H]2CC)OC(=O)C1. The number of epoxide rings is 1. The Hall–Kier alpha value is -1.08. The molecule has 3 saturated carbocycles. The van der Waals surface area contributed by atoms with Crippen molar-refractivity contribution in [1.29, 1.82) is 0 Å². The van der Waals surface area contributed by atoms with Crippen LogP contribution in [-0.2, 0) is 23.6 Å². The molecular weight excluding hydrogens is 333 g/mol. The summed E-state index contributed by atoms with van der Waals surface area (Å²) in [6.07, 6.45) is 3.07. The molecule has 0 radical (unpaired) electrons. The van der Waals surface area contributed by atoms with Gasteiger partial charge in [-0.25, -0.2) is 9.59 Å². The topological polar surface area (TPSA) is 65.1 Å². The van der Waals surface area contributed by atoms with E-state index in [1.165, 1.54) is 6.42 Å². The zero-order valence-electron chi connectivity index (χ0n) is 16.3. The average molecular weight is 363 g/mol. The molecule has 5 fully saturated rings. The summed E-state index contributed by atoms with van der Waals surface area (Å²) in [5.74, 6) is 0.973. The zero-order chi connectivity index (χ0) is 18.9. The van der Waals surface area contributed by atoms with Crippen LogP contribution in [0.3, 0.4) is 0 Å². The first kappa shape index (κ1) is 18.3. The Labute approximate surface area is 156 Å². The van der Waals surface area contributed by atoms with Gasteiger partial charge in [0.25, 0.3) is 0 Å². The number of carbonyl (C=O) groups is 2. The van der Waals surface area contributed by atoms with Crippen molar-refractivity contribution in [2.45, 2.75) is 65.1 Å². The van der Waals surface area contributed by atoms with Crippen LogP contribution in [0.1, 0.15) is 47.0 Å². The van der Waals surface area contributed by atoms with Gasteiger partial charge in [-0.3, -0.25) is 0 Å². The van der Waals surface area contributed by atoms with Crippen LogP contribution in [0.15, 0.2) is 0 Å². The minimum Gasteiger partial charge on any atom is -0.493 e. The monoisotopic (exact) mass is 363 g/mol. The fourth-order valence-corrected chi connectivity index (χ4v) is 5.87. The molecular formula is C19H30BNO5. The van der Waals surface area contributed by atoms with Gasteiger partial charge in [0, 0.05) is 12.3 Å². The van der Waals surface area contributed by atoms with Crippen molar-refractivity contribution >= 4 is 19.1 Å². The molecule has 7 heteroatoms. The second-order valence-electron chi connectivity index (χ2n) is 9.45. The van der Waals surface area contributed by atoms with Gasteiger partial charge in [0.05, 0.1) is 12.1 Å². The van der Waals surface area contributed by atoms with E-state index in [2.05, 4.69) is 27.8 Å². The third kappa shape index (κ3) is 2.78. The van der Waals surface area contributed by atoms with Gasteiger partial charge < -0.3 is 18.5 Å². The van der Waals surface area contributed by atoms with Crippen molar-refractivity contribution in [3.63, 3.8) is 0 Å². The third-order valence-electron chi connectivity index (χ3n) is 7.69. The Morgan fingerprint density at radius 2 is 1.81 bits per heavy atom. The van der Waals surface area contributed by atoms with Crippen LogP contribution in [0.5, 0.6) is 0 Å². The van der Waals surface area contributed by atoms with Crippen molar-refractivity contribution in [2.24, 2.45) is 23.2 Å². The van der Waals surface area contributed by atoms with E-state index in [9.17, 15) is 9.59 Å². The molecule has 2 bridgehead atoms. The lowest BCUT2D eigenvalue weighted by molar-refractivity contribution is -0.904. The van der Waals surface area contributed by atoms with E-state index in [0.29, 0.717) is 23.2 Å². The Kier molecular flexibility index (Phi) is 4.20. The first-order valence-corrected chi connectivity index (χ1v) is 9.91. The quantitative estimate of drug-likeness (QED) is 0.332. The maximum atomic E-state index is 12.5. The van der Waals surface area contributed by atoms with Crippen molar-refractivity contribution in [3.8, 4) is 0 Å². The molecule has 0 N–H and O–H groups in total. The molecule has 5 aliphatic rings. The molecule has 5 rings (SSSR count). The molecule has 6 nitrogen and oxygen atoms in total.